The summed E-state index contributed by atoms with van der Waals surface area (Å²) in [6.07, 6.45) is 1.85. The van der Waals surface area contributed by atoms with Crippen molar-refractivity contribution in [3.05, 3.63) is 23.9 Å². The summed E-state index contributed by atoms with van der Waals surface area (Å²) in [5.74, 6) is 3.02. The summed E-state index contributed by atoms with van der Waals surface area (Å²) in [7, 11) is 1.63. The number of nitrogens with zero attached hydrogens (tertiary/aromatic N) is 1. The molecule has 0 aliphatic rings. The molecule has 1 rings (SSSR count). The van der Waals surface area contributed by atoms with Gasteiger partial charge < -0.3 is 10.1 Å². The molecule has 0 aliphatic heterocycles. The van der Waals surface area contributed by atoms with Crippen LogP contribution in [0.25, 0.3) is 0 Å². The van der Waals surface area contributed by atoms with Crippen LogP contribution in [0.5, 0.6) is 5.88 Å². The highest BCUT2D eigenvalue weighted by Crippen LogP contribution is 2.06. The minimum absolute atomic E-state index is 0.667. The predicted octanol–water partition coefficient (Wildman–Crippen LogP) is 1.93. The highest BCUT2D eigenvalue weighted by atomic mass is 32.2. The van der Waals surface area contributed by atoms with Gasteiger partial charge >= 0.3 is 0 Å². The zero-order valence-corrected chi connectivity index (χ0v) is 10.1. The normalized spacial score (nSPS) is 10.3. The largest absolute Gasteiger partial charge is 0.481 e. The molecule has 0 fully saturated rings. The van der Waals surface area contributed by atoms with Crippen molar-refractivity contribution in [2.24, 2.45) is 0 Å². The van der Waals surface area contributed by atoms with E-state index in [1.165, 1.54) is 17.1 Å². The van der Waals surface area contributed by atoms with Gasteiger partial charge in [0.1, 0.15) is 0 Å². The van der Waals surface area contributed by atoms with Crippen molar-refractivity contribution in [1.82, 2.24) is 10.3 Å². The molecule has 0 bridgehead atoms. The Labute approximate surface area is 95.6 Å². The third kappa shape index (κ3) is 5.04. The van der Waals surface area contributed by atoms with Gasteiger partial charge in [-0.3, -0.25) is 0 Å². The van der Waals surface area contributed by atoms with Gasteiger partial charge in [0.25, 0.3) is 0 Å². The summed E-state index contributed by atoms with van der Waals surface area (Å²) >= 11 is 1.95. The van der Waals surface area contributed by atoms with Crippen LogP contribution in [-0.2, 0) is 6.54 Å². The Morgan fingerprint density at radius 2 is 2.33 bits per heavy atom. The van der Waals surface area contributed by atoms with Crippen molar-refractivity contribution >= 4 is 11.8 Å². The molecule has 0 aliphatic carbocycles. The van der Waals surface area contributed by atoms with Crippen LogP contribution >= 0.6 is 11.8 Å². The fourth-order valence-corrected chi connectivity index (χ4v) is 1.73. The molecule has 1 aromatic heterocycles. The molecular formula is C11H18N2OS. The van der Waals surface area contributed by atoms with Crippen LogP contribution < -0.4 is 10.1 Å². The van der Waals surface area contributed by atoms with Gasteiger partial charge in [0.05, 0.1) is 7.11 Å². The van der Waals surface area contributed by atoms with E-state index in [1.54, 1.807) is 7.11 Å². The lowest BCUT2D eigenvalue weighted by molar-refractivity contribution is 0.397. The van der Waals surface area contributed by atoms with Crippen LogP contribution in [0.1, 0.15) is 12.5 Å². The van der Waals surface area contributed by atoms with Crippen LogP contribution in [0.3, 0.4) is 0 Å². The Morgan fingerprint density at radius 3 is 2.93 bits per heavy atom. The van der Waals surface area contributed by atoms with E-state index in [2.05, 4.69) is 17.2 Å². The van der Waals surface area contributed by atoms with E-state index in [0.29, 0.717) is 5.88 Å². The molecule has 4 heteroatoms. The number of ether oxygens (including phenoxy) is 1. The third-order valence-corrected chi connectivity index (χ3v) is 2.86. The van der Waals surface area contributed by atoms with Gasteiger partial charge in [-0.05, 0) is 11.3 Å². The first kappa shape index (κ1) is 12.3. The van der Waals surface area contributed by atoms with Crippen molar-refractivity contribution in [2.45, 2.75) is 13.5 Å². The zero-order chi connectivity index (χ0) is 10.9. The summed E-state index contributed by atoms with van der Waals surface area (Å²) in [5.41, 5.74) is 1.19. The number of hydrogen-bond donors (Lipinski definition) is 1. The molecule has 84 valence electrons. The lowest BCUT2D eigenvalue weighted by Gasteiger charge is -2.04. The van der Waals surface area contributed by atoms with Crippen LogP contribution in [-0.4, -0.2) is 30.1 Å². The van der Waals surface area contributed by atoms with Gasteiger partial charge in [-0.15, -0.1) is 0 Å². The summed E-state index contributed by atoms with van der Waals surface area (Å²) < 4.78 is 4.99. The van der Waals surface area contributed by atoms with Gasteiger partial charge in [0.15, 0.2) is 0 Å². The molecule has 0 saturated carbocycles. The molecule has 0 saturated heterocycles. The van der Waals surface area contributed by atoms with Crippen molar-refractivity contribution in [3.63, 3.8) is 0 Å². The highest BCUT2D eigenvalue weighted by molar-refractivity contribution is 7.99. The van der Waals surface area contributed by atoms with Gasteiger partial charge in [-0.2, -0.15) is 11.8 Å². The van der Waals surface area contributed by atoms with E-state index in [-0.39, 0.29) is 0 Å². The topological polar surface area (TPSA) is 34.1 Å². The fourth-order valence-electron chi connectivity index (χ4n) is 1.16. The maximum absolute atomic E-state index is 4.99. The fraction of sp³-hybridized carbons (Fsp3) is 0.545. The Morgan fingerprint density at radius 1 is 1.47 bits per heavy atom. The van der Waals surface area contributed by atoms with Crippen LogP contribution in [0.2, 0.25) is 0 Å². The molecule has 1 heterocycles. The molecule has 0 unspecified atom stereocenters. The van der Waals surface area contributed by atoms with Crippen LogP contribution in [0.4, 0.5) is 0 Å². The quantitative estimate of drug-likeness (QED) is 0.720. The van der Waals surface area contributed by atoms with E-state index in [4.69, 9.17) is 4.74 Å². The molecule has 15 heavy (non-hydrogen) atoms. The lowest BCUT2D eigenvalue weighted by atomic mass is 10.3. The molecule has 0 spiro atoms. The van der Waals surface area contributed by atoms with Gasteiger partial charge in [0, 0.05) is 31.1 Å². The number of thioether (sulfide) groups is 1. The molecule has 3 nitrogen and oxygen atoms in total. The number of hydrogen-bond acceptors (Lipinski definition) is 4. The average Bonchev–Trinajstić information content (AvgIpc) is 2.30. The van der Waals surface area contributed by atoms with E-state index in [0.717, 1.165) is 13.1 Å². The van der Waals surface area contributed by atoms with Crippen molar-refractivity contribution in [2.75, 3.05) is 25.2 Å². The van der Waals surface area contributed by atoms with Crippen LogP contribution in [0.15, 0.2) is 18.3 Å². The summed E-state index contributed by atoms with van der Waals surface area (Å²) in [4.78, 5) is 4.14. The smallest absolute Gasteiger partial charge is 0.212 e. The molecule has 0 amide bonds. The minimum atomic E-state index is 0.667. The number of pyridine rings is 1. The second-order valence-corrected chi connectivity index (χ2v) is 4.48. The summed E-state index contributed by atoms with van der Waals surface area (Å²) in [6.45, 7) is 4.10. The van der Waals surface area contributed by atoms with E-state index < -0.39 is 0 Å². The van der Waals surface area contributed by atoms with Crippen molar-refractivity contribution in [1.29, 1.82) is 0 Å². The average molecular weight is 226 g/mol. The van der Waals surface area contributed by atoms with Crippen molar-refractivity contribution in [3.8, 4) is 5.88 Å². The monoisotopic (exact) mass is 226 g/mol. The second kappa shape index (κ2) is 7.54. The minimum Gasteiger partial charge on any atom is -0.481 e. The molecule has 0 aromatic carbocycles. The summed E-state index contributed by atoms with van der Waals surface area (Å²) in [5, 5.41) is 3.37. The SMILES string of the molecule is CCSCCNCc1ccc(OC)nc1. The molecular weight excluding hydrogens is 208 g/mol. The second-order valence-electron chi connectivity index (χ2n) is 3.08. The molecule has 0 radical (unpaired) electrons. The first-order valence-electron chi connectivity index (χ1n) is 5.14. The number of methoxy groups -OCH3 is 1. The van der Waals surface area contributed by atoms with Crippen molar-refractivity contribution < 1.29 is 4.74 Å². The third-order valence-electron chi connectivity index (χ3n) is 1.96. The number of aromatic nitrogens is 1. The highest BCUT2D eigenvalue weighted by Gasteiger charge is 1.94. The van der Waals surface area contributed by atoms with E-state index in [9.17, 15) is 0 Å². The summed E-state index contributed by atoms with van der Waals surface area (Å²) in [6, 6.07) is 3.92. The Balaban J connectivity index is 2.20. The standard InChI is InChI=1S/C11H18N2OS/c1-3-15-7-6-12-8-10-4-5-11(14-2)13-9-10/h4-5,9,12H,3,6-8H2,1-2H3. The number of nitrogens with one attached hydrogen (secondary N) is 1. The predicted molar refractivity (Wildman–Crippen MR) is 65.5 cm³/mol. The van der Waals surface area contributed by atoms with Crippen LogP contribution in [0, 0.1) is 0 Å². The van der Waals surface area contributed by atoms with E-state index >= 15 is 0 Å². The molecule has 0 atom stereocenters. The molecule has 1 N–H and O–H groups in total. The van der Waals surface area contributed by atoms with Gasteiger partial charge in [0.2, 0.25) is 5.88 Å². The Kier molecular flexibility index (Phi) is 6.20. The number of rotatable bonds is 7. The molecule has 1 aromatic rings. The zero-order valence-electron chi connectivity index (χ0n) is 9.32. The first-order valence-corrected chi connectivity index (χ1v) is 6.29. The first-order chi connectivity index (χ1) is 7.36. The Bertz CT molecular complexity index is 264. The maximum Gasteiger partial charge on any atom is 0.212 e. The lowest BCUT2D eigenvalue weighted by Crippen LogP contribution is -2.16. The van der Waals surface area contributed by atoms with E-state index in [1.807, 2.05) is 30.1 Å². The maximum atomic E-state index is 4.99. The Hall–Kier alpha value is -0.740. The van der Waals surface area contributed by atoms with Gasteiger partial charge in [-0.25, -0.2) is 4.98 Å². The van der Waals surface area contributed by atoms with Gasteiger partial charge in [-0.1, -0.05) is 13.0 Å².